The molecule has 4 fully saturated rings. The Morgan fingerprint density at radius 2 is 1.50 bits per heavy atom. The minimum Gasteiger partial charge on any atom is -0.393 e. The fourth-order valence-corrected chi connectivity index (χ4v) is 7.59. The van der Waals surface area contributed by atoms with Gasteiger partial charge in [0.15, 0.2) is 0 Å². The molecule has 0 aliphatic heterocycles. The largest absolute Gasteiger partial charge is 0.393 e. The van der Waals surface area contributed by atoms with Crippen molar-refractivity contribution in [2.75, 3.05) is 0 Å². The first kappa shape index (κ1) is 15.4. The summed E-state index contributed by atoms with van der Waals surface area (Å²) in [5, 5.41) is 20.7. The minimum absolute atomic E-state index is 0.0519. The van der Waals surface area contributed by atoms with E-state index in [4.69, 9.17) is 0 Å². The predicted octanol–water partition coefficient (Wildman–Crippen LogP) is 4.00. The Morgan fingerprint density at radius 1 is 0.818 bits per heavy atom. The van der Waals surface area contributed by atoms with E-state index >= 15 is 0 Å². The van der Waals surface area contributed by atoms with Gasteiger partial charge >= 0.3 is 0 Å². The molecule has 0 aromatic rings. The molecule has 0 amide bonds. The third-order valence-electron chi connectivity index (χ3n) is 8.95. The number of aliphatic hydroxyl groups is 2. The third-order valence-corrected chi connectivity index (χ3v) is 8.95. The molecule has 4 saturated carbocycles. The van der Waals surface area contributed by atoms with E-state index in [1.807, 2.05) is 0 Å². The first-order valence-corrected chi connectivity index (χ1v) is 9.72. The van der Waals surface area contributed by atoms with Crippen LogP contribution in [-0.2, 0) is 0 Å². The van der Waals surface area contributed by atoms with Crippen LogP contribution in [0.3, 0.4) is 0 Å². The van der Waals surface area contributed by atoms with Crippen LogP contribution in [0.15, 0.2) is 0 Å². The van der Waals surface area contributed by atoms with Crippen molar-refractivity contribution in [1.29, 1.82) is 0 Å². The Bertz CT molecular complexity index is 449. The zero-order chi connectivity index (χ0) is 15.7. The van der Waals surface area contributed by atoms with Crippen LogP contribution in [0.25, 0.3) is 0 Å². The molecule has 0 radical (unpaired) electrons. The van der Waals surface area contributed by atoms with Crippen LogP contribution in [0, 0.1) is 40.4 Å². The SMILES string of the molecule is C[C@@H]1C[C@H]2CC(O)CC[C@]2(C)[C@H]2CC[C@]3(C)[C@@H](O)CC[C@H]3[C@H]12. The molecule has 0 heterocycles. The van der Waals surface area contributed by atoms with Gasteiger partial charge in [-0.15, -0.1) is 0 Å². The highest BCUT2D eigenvalue weighted by Gasteiger charge is 2.61. The Hall–Kier alpha value is -0.0800. The van der Waals surface area contributed by atoms with Crippen molar-refractivity contribution < 1.29 is 10.2 Å². The van der Waals surface area contributed by atoms with Crippen LogP contribution < -0.4 is 0 Å². The van der Waals surface area contributed by atoms with E-state index in [-0.39, 0.29) is 17.6 Å². The Balaban J connectivity index is 1.67. The van der Waals surface area contributed by atoms with Crippen molar-refractivity contribution in [3.63, 3.8) is 0 Å². The molecule has 0 aromatic heterocycles. The highest BCUT2D eigenvalue weighted by atomic mass is 16.3. The molecular weight excluding hydrogens is 272 g/mol. The van der Waals surface area contributed by atoms with E-state index in [0.29, 0.717) is 5.41 Å². The maximum absolute atomic E-state index is 10.6. The van der Waals surface area contributed by atoms with E-state index in [2.05, 4.69) is 20.8 Å². The van der Waals surface area contributed by atoms with Gasteiger partial charge in [-0.05, 0) is 91.8 Å². The average Bonchev–Trinajstić information content (AvgIpc) is 2.77. The van der Waals surface area contributed by atoms with Crippen LogP contribution in [-0.4, -0.2) is 22.4 Å². The van der Waals surface area contributed by atoms with Crippen molar-refractivity contribution in [3.8, 4) is 0 Å². The predicted molar refractivity (Wildman–Crippen MR) is 88.3 cm³/mol. The Labute approximate surface area is 135 Å². The Kier molecular flexibility index (Phi) is 3.48. The lowest BCUT2D eigenvalue weighted by molar-refractivity contribution is -0.153. The van der Waals surface area contributed by atoms with Gasteiger partial charge in [0.25, 0.3) is 0 Å². The molecule has 2 nitrogen and oxygen atoms in total. The number of fused-ring (bicyclic) bond motifs is 5. The molecule has 4 aliphatic carbocycles. The quantitative estimate of drug-likeness (QED) is 0.710. The number of hydrogen-bond acceptors (Lipinski definition) is 2. The number of aliphatic hydroxyl groups excluding tert-OH is 2. The van der Waals surface area contributed by atoms with Gasteiger partial charge in [0.2, 0.25) is 0 Å². The summed E-state index contributed by atoms with van der Waals surface area (Å²) in [6.07, 6.45) is 9.25. The van der Waals surface area contributed by atoms with Gasteiger partial charge < -0.3 is 10.2 Å². The molecule has 4 aliphatic rings. The van der Waals surface area contributed by atoms with Crippen LogP contribution >= 0.6 is 0 Å². The highest BCUT2D eigenvalue weighted by molar-refractivity contribution is 5.10. The summed E-state index contributed by atoms with van der Waals surface area (Å²) in [6, 6.07) is 0. The summed E-state index contributed by atoms with van der Waals surface area (Å²) in [5.41, 5.74) is 0.637. The van der Waals surface area contributed by atoms with Crippen LogP contribution in [0.2, 0.25) is 0 Å². The molecule has 0 aromatic carbocycles. The minimum atomic E-state index is -0.0654. The lowest BCUT2D eigenvalue weighted by Crippen LogP contribution is -2.56. The third kappa shape index (κ3) is 1.92. The topological polar surface area (TPSA) is 40.5 Å². The first-order chi connectivity index (χ1) is 10.4. The first-order valence-electron chi connectivity index (χ1n) is 9.72. The summed E-state index contributed by atoms with van der Waals surface area (Å²) in [4.78, 5) is 0. The zero-order valence-electron chi connectivity index (χ0n) is 14.6. The summed E-state index contributed by atoms with van der Waals surface area (Å²) in [7, 11) is 0. The molecule has 126 valence electrons. The van der Waals surface area contributed by atoms with Crippen LogP contribution in [0.1, 0.15) is 72.1 Å². The van der Waals surface area contributed by atoms with Crippen LogP contribution in [0.5, 0.6) is 0 Å². The molecule has 1 unspecified atom stereocenters. The number of rotatable bonds is 0. The second-order valence-corrected chi connectivity index (χ2v) is 9.77. The summed E-state index contributed by atoms with van der Waals surface area (Å²) in [6.45, 7) is 7.38. The monoisotopic (exact) mass is 306 g/mol. The molecule has 2 heteroatoms. The zero-order valence-corrected chi connectivity index (χ0v) is 14.6. The second kappa shape index (κ2) is 4.96. The van der Waals surface area contributed by atoms with Gasteiger partial charge in [-0.2, -0.15) is 0 Å². The highest BCUT2D eigenvalue weighted by Crippen LogP contribution is 2.67. The van der Waals surface area contributed by atoms with Crippen molar-refractivity contribution in [3.05, 3.63) is 0 Å². The van der Waals surface area contributed by atoms with Crippen LogP contribution in [0.4, 0.5) is 0 Å². The fraction of sp³-hybridized carbons (Fsp3) is 1.00. The molecule has 2 N–H and O–H groups in total. The number of hydrogen-bond donors (Lipinski definition) is 2. The molecule has 0 spiro atoms. The molecule has 4 rings (SSSR count). The van der Waals surface area contributed by atoms with Gasteiger partial charge in [-0.1, -0.05) is 20.8 Å². The molecular formula is C20H34O2. The van der Waals surface area contributed by atoms with Crippen molar-refractivity contribution in [2.45, 2.75) is 84.3 Å². The lowest BCUT2D eigenvalue weighted by atomic mass is 9.43. The van der Waals surface area contributed by atoms with Gasteiger partial charge in [-0.25, -0.2) is 0 Å². The van der Waals surface area contributed by atoms with Crippen molar-refractivity contribution >= 4 is 0 Å². The smallest absolute Gasteiger partial charge is 0.0596 e. The molecule has 22 heavy (non-hydrogen) atoms. The van der Waals surface area contributed by atoms with Gasteiger partial charge in [0.05, 0.1) is 12.2 Å². The maximum Gasteiger partial charge on any atom is 0.0596 e. The average molecular weight is 306 g/mol. The van der Waals surface area contributed by atoms with Gasteiger partial charge in [0.1, 0.15) is 0 Å². The molecule has 9 atom stereocenters. The van der Waals surface area contributed by atoms with E-state index in [9.17, 15) is 10.2 Å². The molecule has 0 bridgehead atoms. The Morgan fingerprint density at radius 3 is 2.27 bits per heavy atom. The summed E-state index contributed by atoms with van der Waals surface area (Å²) < 4.78 is 0. The lowest BCUT2D eigenvalue weighted by Gasteiger charge is -2.62. The van der Waals surface area contributed by atoms with E-state index < -0.39 is 0 Å². The maximum atomic E-state index is 10.6. The van der Waals surface area contributed by atoms with E-state index in [1.54, 1.807) is 0 Å². The van der Waals surface area contributed by atoms with Gasteiger partial charge in [-0.3, -0.25) is 0 Å². The summed E-state index contributed by atoms with van der Waals surface area (Å²) in [5.74, 6) is 3.87. The standard InChI is InChI=1S/C20H34O2/c1-12-10-13-11-14(21)6-8-19(13,2)16-7-9-20(3)15(18(12)16)4-5-17(20)22/h12-18,21-22H,4-11H2,1-3H3/t12-,13+,14?,15+,16+,17+,18+,19+,20+/m1/s1. The fourth-order valence-electron chi connectivity index (χ4n) is 7.59. The summed E-state index contributed by atoms with van der Waals surface area (Å²) >= 11 is 0. The normalized spacial score (nSPS) is 61.2. The van der Waals surface area contributed by atoms with Crippen molar-refractivity contribution in [1.82, 2.24) is 0 Å². The second-order valence-electron chi connectivity index (χ2n) is 9.77. The van der Waals surface area contributed by atoms with Crippen molar-refractivity contribution in [2.24, 2.45) is 40.4 Å². The molecule has 0 saturated heterocycles. The van der Waals surface area contributed by atoms with Gasteiger partial charge in [0, 0.05) is 0 Å². The van der Waals surface area contributed by atoms with E-state index in [0.717, 1.165) is 48.9 Å². The van der Waals surface area contributed by atoms with E-state index in [1.165, 1.54) is 32.1 Å².